The van der Waals surface area contributed by atoms with Crippen LogP contribution in [0.1, 0.15) is 18.4 Å². The van der Waals surface area contributed by atoms with Crippen LogP contribution in [0.25, 0.3) is 17.1 Å². The third-order valence-electron chi connectivity index (χ3n) is 4.80. The number of ether oxygens (including phenoxy) is 1. The van der Waals surface area contributed by atoms with Crippen molar-refractivity contribution in [2.45, 2.75) is 25.9 Å². The highest BCUT2D eigenvalue weighted by atomic mass is 16.5. The Kier molecular flexibility index (Phi) is 6.49. The first-order valence-corrected chi connectivity index (χ1v) is 9.24. The fourth-order valence-electron chi connectivity index (χ4n) is 3.34. The van der Waals surface area contributed by atoms with Gasteiger partial charge in [0.1, 0.15) is 6.79 Å². The molecule has 1 unspecified atom stereocenters. The third kappa shape index (κ3) is 4.26. The quantitative estimate of drug-likeness (QED) is 0.694. The van der Waals surface area contributed by atoms with E-state index in [1.807, 2.05) is 49.0 Å². The molecular formula is C21H25N5O2. The van der Waals surface area contributed by atoms with Crippen molar-refractivity contribution in [2.24, 2.45) is 0 Å². The first-order valence-electron chi connectivity index (χ1n) is 9.24. The molecule has 0 aromatic carbocycles. The van der Waals surface area contributed by atoms with Crippen molar-refractivity contribution < 1.29 is 9.53 Å². The molecule has 3 aromatic heterocycles. The zero-order valence-corrected chi connectivity index (χ0v) is 16.3. The summed E-state index contributed by atoms with van der Waals surface area (Å²) in [5.74, 6) is 0.952. The van der Waals surface area contributed by atoms with Gasteiger partial charge in [-0.25, -0.2) is 4.68 Å². The monoisotopic (exact) mass is 379 g/mol. The van der Waals surface area contributed by atoms with Crippen LogP contribution in [-0.4, -0.2) is 52.8 Å². The van der Waals surface area contributed by atoms with E-state index in [0.29, 0.717) is 0 Å². The molecule has 0 amide bonds. The number of methoxy groups -OCH3 is 1. The van der Waals surface area contributed by atoms with Gasteiger partial charge in [0.25, 0.3) is 0 Å². The van der Waals surface area contributed by atoms with Gasteiger partial charge in [0, 0.05) is 38.7 Å². The Morgan fingerprint density at radius 3 is 2.75 bits per heavy atom. The molecule has 1 aliphatic heterocycles. The van der Waals surface area contributed by atoms with Gasteiger partial charge in [-0.1, -0.05) is 6.07 Å². The number of hydrogen-bond acceptors (Lipinski definition) is 6. The Labute approximate surface area is 165 Å². The molecule has 0 N–H and O–H groups in total. The molecule has 146 valence electrons. The predicted molar refractivity (Wildman–Crippen MR) is 109 cm³/mol. The number of anilines is 1. The van der Waals surface area contributed by atoms with Crippen LogP contribution in [0.5, 0.6) is 0 Å². The minimum absolute atomic E-state index is 0.258. The minimum atomic E-state index is 0.258. The molecule has 0 radical (unpaired) electrons. The third-order valence-corrected chi connectivity index (χ3v) is 4.80. The topological polar surface area (TPSA) is 73.1 Å². The summed E-state index contributed by atoms with van der Waals surface area (Å²) in [7, 11) is 1.78. The largest absolute Gasteiger partial charge is 0.380 e. The minimum Gasteiger partial charge on any atom is -0.380 e. The summed E-state index contributed by atoms with van der Waals surface area (Å²) in [6.07, 6.45) is 7.94. The molecule has 1 atom stereocenters. The van der Waals surface area contributed by atoms with Crippen molar-refractivity contribution in [3.05, 3.63) is 54.5 Å². The van der Waals surface area contributed by atoms with E-state index in [2.05, 4.69) is 27.0 Å². The van der Waals surface area contributed by atoms with Gasteiger partial charge in [-0.2, -0.15) is 0 Å². The molecule has 7 heteroatoms. The van der Waals surface area contributed by atoms with Gasteiger partial charge in [0.05, 0.1) is 29.4 Å². The Hall–Kier alpha value is -3.06. The van der Waals surface area contributed by atoms with E-state index < -0.39 is 0 Å². The Morgan fingerprint density at radius 2 is 2.07 bits per heavy atom. The van der Waals surface area contributed by atoms with E-state index in [0.717, 1.165) is 54.4 Å². The smallest absolute Gasteiger partial charge is 0.151 e. The molecule has 0 bridgehead atoms. The molecule has 28 heavy (non-hydrogen) atoms. The highest BCUT2D eigenvalue weighted by Gasteiger charge is 2.23. The lowest BCUT2D eigenvalue weighted by atomic mass is 10.1. The summed E-state index contributed by atoms with van der Waals surface area (Å²) in [6.45, 7) is 5.89. The second-order valence-electron chi connectivity index (χ2n) is 6.68. The number of pyridine rings is 2. The van der Waals surface area contributed by atoms with Gasteiger partial charge >= 0.3 is 0 Å². The summed E-state index contributed by atoms with van der Waals surface area (Å²) in [6, 6.07) is 10.2. The van der Waals surface area contributed by atoms with Crippen LogP contribution in [0, 0.1) is 6.92 Å². The fourth-order valence-corrected chi connectivity index (χ4v) is 3.34. The van der Waals surface area contributed by atoms with Gasteiger partial charge in [-0.15, -0.1) is 5.10 Å². The molecule has 1 fully saturated rings. The molecule has 3 aromatic rings. The molecule has 7 nitrogen and oxygen atoms in total. The van der Waals surface area contributed by atoms with Gasteiger partial charge in [0.15, 0.2) is 5.82 Å². The van der Waals surface area contributed by atoms with Crippen LogP contribution in [0.15, 0.2) is 48.9 Å². The molecule has 0 aliphatic carbocycles. The summed E-state index contributed by atoms with van der Waals surface area (Å²) in [5, 5.41) is 4.88. The lowest BCUT2D eigenvalue weighted by Gasteiger charge is -2.31. The van der Waals surface area contributed by atoms with E-state index in [1.54, 1.807) is 13.3 Å². The number of piperidine rings is 1. The number of hydrogen-bond donors (Lipinski definition) is 0. The van der Waals surface area contributed by atoms with Crippen molar-refractivity contribution in [3.63, 3.8) is 0 Å². The molecule has 0 saturated carbocycles. The number of aryl methyl sites for hydroxylation is 1. The second kappa shape index (κ2) is 9.23. The zero-order chi connectivity index (χ0) is 19.9. The van der Waals surface area contributed by atoms with Crippen molar-refractivity contribution in [3.8, 4) is 17.1 Å². The van der Waals surface area contributed by atoms with E-state index >= 15 is 0 Å². The number of nitrogens with zero attached hydrogens (tertiary/aromatic N) is 5. The predicted octanol–water partition coefficient (Wildman–Crippen LogP) is 3.07. The first kappa shape index (κ1) is 19.7. The fraction of sp³-hybridized carbons (Fsp3) is 0.333. The lowest BCUT2D eigenvalue weighted by Crippen LogP contribution is -2.39. The van der Waals surface area contributed by atoms with Crippen LogP contribution in [0.2, 0.25) is 0 Å². The van der Waals surface area contributed by atoms with Crippen molar-refractivity contribution in [2.75, 3.05) is 25.1 Å². The van der Waals surface area contributed by atoms with Crippen LogP contribution in [0.4, 0.5) is 5.82 Å². The Morgan fingerprint density at radius 1 is 1.21 bits per heavy atom. The van der Waals surface area contributed by atoms with Gasteiger partial charge in [0.2, 0.25) is 0 Å². The SMILES string of the molecule is C=O.COC1CCCN(c2cc(-c3ccc(C)cn3)n(-c3cccnc3)n2)C1. The maximum atomic E-state index is 8.00. The first-order chi connectivity index (χ1) is 13.7. The van der Waals surface area contributed by atoms with Gasteiger partial charge < -0.3 is 14.4 Å². The standard InChI is InChI=1S/C20H23N5O.CH2O/c1-15-7-8-18(22-12-15)19-11-20(24-10-4-6-17(14-24)26-2)23-25(19)16-5-3-9-21-13-16;1-2/h3,5,7-9,11-13,17H,4,6,10,14H2,1-2H3;1H2. The highest BCUT2D eigenvalue weighted by molar-refractivity contribution is 5.63. The molecule has 1 saturated heterocycles. The molecule has 1 aliphatic rings. The Bertz CT molecular complexity index is 880. The zero-order valence-electron chi connectivity index (χ0n) is 16.3. The van der Waals surface area contributed by atoms with E-state index in [1.165, 1.54) is 0 Å². The molecular weight excluding hydrogens is 354 g/mol. The number of carbonyl (C=O) groups is 1. The van der Waals surface area contributed by atoms with E-state index in [-0.39, 0.29) is 6.10 Å². The van der Waals surface area contributed by atoms with Crippen LogP contribution < -0.4 is 4.90 Å². The summed E-state index contributed by atoms with van der Waals surface area (Å²) >= 11 is 0. The van der Waals surface area contributed by atoms with Gasteiger partial charge in [-0.3, -0.25) is 9.97 Å². The maximum absolute atomic E-state index is 8.00. The average molecular weight is 379 g/mol. The van der Waals surface area contributed by atoms with Crippen LogP contribution >= 0.6 is 0 Å². The number of carbonyl (C=O) groups excluding carboxylic acids is 1. The summed E-state index contributed by atoms with van der Waals surface area (Å²) in [5.41, 5.74) is 3.93. The average Bonchev–Trinajstić information content (AvgIpc) is 3.22. The molecule has 4 heterocycles. The van der Waals surface area contributed by atoms with E-state index in [4.69, 9.17) is 14.6 Å². The Balaban J connectivity index is 0.00000109. The lowest BCUT2D eigenvalue weighted by molar-refractivity contribution is -0.0979. The van der Waals surface area contributed by atoms with Crippen molar-refractivity contribution in [1.82, 2.24) is 19.7 Å². The molecule has 0 spiro atoms. The maximum Gasteiger partial charge on any atom is 0.151 e. The number of rotatable bonds is 4. The van der Waals surface area contributed by atoms with Crippen LogP contribution in [-0.2, 0) is 9.53 Å². The normalized spacial score (nSPS) is 16.4. The number of aromatic nitrogens is 4. The van der Waals surface area contributed by atoms with Crippen molar-refractivity contribution >= 4 is 12.6 Å². The summed E-state index contributed by atoms with van der Waals surface area (Å²) < 4.78 is 7.49. The van der Waals surface area contributed by atoms with Crippen LogP contribution in [0.3, 0.4) is 0 Å². The second-order valence-corrected chi connectivity index (χ2v) is 6.68. The van der Waals surface area contributed by atoms with Crippen molar-refractivity contribution in [1.29, 1.82) is 0 Å². The van der Waals surface area contributed by atoms with E-state index in [9.17, 15) is 0 Å². The van der Waals surface area contributed by atoms with Gasteiger partial charge in [-0.05, 0) is 43.5 Å². The highest BCUT2D eigenvalue weighted by Crippen LogP contribution is 2.28. The summed E-state index contributed by atoms with van der Waals surface area (Å²) in [4.78, 5) is 19.1. The molecule has 4 rings (SSSR count).